The van der Waals surface area contributed by atoms with Gasteiger partial charge in [-0.25, -0.2) is 0 Å². The number of hydrogen-bond acceptors (Lipinski definition) is 4. The number of rotatable bonds is 7. The standard InChI is InChI=1S/C25H34N2O3/c1-7-29-22-13-20-9-10-27(15-21(20)14-23(22)30-8-2)19(6)25(28)26-24-17(4)11-16(3)12-18(24)5/h11-14,19H,7-10,15H2,1-6H3,(H,26,28)/t19-/m0/s1. The number of aryl methyl sites for hydroxylation is 3. The number of carbonyl (C=O) groups is 1. The molecule has 0 aromatic heterocycles. The quantitative estimate of drug-likeness (QED) is 0.713. The number of fused-ring (bicyclic) bond motifs is 1. The van der Waals surface area contributed by atoms with Crippen molar-refractivity contribution in [2.24, 2.45) is 0 Å². The van der Waals surface area contributed by atoms with Gasteiger partial charge in [0.2, 0.25) is 5.91 Å². The number of ether oxygens (including phenoxy) is 2. The molecule has 0 saturated carbocycles. The van der Waals surface area contributed by atoms with Gasteiger partial charge in [-0.05, 0) is 82.3 Å². The number of carbonyl (C=O) groups excluding carboxylic acids is 1. The largest absolute Gasteiger partial charge is 0.490 e. The van der Waals surface area contributed by atoms with E-state index in [1.54, 1.807) is 0 Å². The molecule has 5 nitrogen and oxygen atoms in total. The topological polar surface area (TPSA) is 50.8 Å². The summed E-state index contributed by atoms with van der Waals surface area (Å²) in [6.07, 6.45) is 0.891. The zero-order chi connectivity index (χ0) is 21.8. The Morgan fingerprint density at radius 2 is 1.57 bits per heavy atom. The first-order chi connectivity index (χ1) is 14.3. The highest BCUT2D eigenvalue weighted by atomic mass is 16.5. The third kappa shape index (κ3) is 4.78. The molecule has 0 fully saturated rings. The van der Waals surface area contributed by atoms with E-state index in [9.17, 15) is 4.79 Å². The maximum atomic E-state index is 13.0. The Balaban J connectivity index is 1.75. The van der Waals surface area contributed by atoms with E-state index >= 15 is 0 Å². The summed E-state index contributed by atoms with van der Waals surface area (Å²) in [5.41, 5.74) is 6.81. The third-order valence-electron chi connectivity index (χ3n) is 5.76. The Hall–Kier alpha value is -2.53. The molecule has 1 amide bonds. The molecule has 2 aromatic carbocycles. The molecule has 0 unspecified atom stereocenters. The van der Waals surface area contributed by atoms with Gasteiger partial charge in [0.15, 0.2) is 11.5 Å². The Morgan fingerprint density at radius 3 is 2.13 bits per heavy atom. The van der Waals surface area contributed by atoms with Crippen LogP contribution in [0.1, 0.15) is 48.6 Å². The van der Waals surface area contributed by atoms with Crippen molar-refractivity contribution in [2.45, 2.75) is 60.5 Å². The molecule has 2 aromatic rings. The third-order valence-corrected chi connectivity index (χ3v) is 5.76. The predicted molar refractivity (Wildman–Crippen MR) is 122 cm³/mol. The Bertz CT molecular complexity index is 900. The minimum absolute atomic E-state index is 0.0319. The molecule has 5 heteroatoms. The van der Waals surface area contributed by atoms with Crippen LogP contribution in [0.15, 0.2) is 24.3 Å². The average Bonchev–Trinajstić information content (AvgIpc) is 2.70. The molecule has 1 aliphatic heterocycles. The van der Waals surface area contributed by atoms with Gasteiger partial charge in [-0.1, -0.05) is 17.7 Å². The second-order valence-electron chi connectivity index (χ2n) is 8.09. The van der Waals surface area contributed by atoms with Crippen molar-refractivity contribution in [1.29, 1.82) is 0 Å². The van der Waals surface area contributed by atoms with Gasteiger partial charge in [0.05, 0.1) is 19.3 Å². The SMILES string of the molecule is CCOc1cc2c(cc1OCC)CN([C@@H](C)C(=O)Nc1c(C)cc(C)cc1C)CC2. The van der Waals surface area contributed by atoms with Crippen LogP contribution in [0.4, 0.5) is 5.69 Å². The molecule has 0 radical (unpaired) electrons. The average molecular weight is 411 g/mol. The highest BCUT2D eigenvalue weighted by molar-refractivity contribution is 5.96. The van der Waals surface area contributed by atoms with E-state index in [4.69, 9.17) is 9.47 Å². The van der Waals surface area contributed by atoms with Crippen molar-refractivity contribution in [3.8, 4) is 11.5 Å². The van der Waals surface area contributed by atoms with Crippen molar-refractivity contribution < 1.29 is 14.3 Å². The lowest BCUT2D eigenvalue weighted by Gasteiger charge is -2.33. The highest BCUT2D eigenvalue weighted by Gasteiger charge is 2.27. The zero-order valence-electron chi connectivity index (χ0n) is 19.1. The van der Waals surface area contributed by atoms with Crippen LogP contribution >= 0.6 is 0 Å². The summed E-state index contributed by atoms with van der Waals surface area (Å²) in [6.45, 7) is 14.9. The normalized spacial score (nSPS) is 14.7. The second-order valence-corrected chi connectivity index (χ2v) is 8.09. The zero-order valence-corrected chi connectivity index (χ0v) is 19.1. The molecule has 3 rings (SSSR count). The predicted octanol–water partition coefficient (Wildman–Crippen LogP) is 4.79. The molecule has 1 atom stereocenters. The fraction of sp³-hybridized carbons (Fsp3) is 0.480. The summed E-state index contributed by atoms with van der Waals surface area (Å²) in [5, 5.41) is 3.16. The molecular formula is C25H34N2O3. The van der Waals surface area contributed by atoms with Gasteiger partial charge in [0, 0.05) is 18.8 Å². The van der Waals surface area contributed by atoms with E-state index in [2.05, 4.69) is 41.4 Å². The molecule has 1 heterocycles. The summed E-state index contributed by atoms with van der Waals surface area (Å²) >= 11 is 0. The van der Waals surface area contributed by atoms with Crippen LogP contribution in [-0.4, -0.2) is 36.6 Å². The van der Waals surface area contributed by atoms with Gasteiger partial charge in [-0.2, -0.15) is 0 Å². The van der Waals surface area contributed by atoms with Crippen LogP contribution < -0.4 is 14.8 Å². The monoisotopic (exact) mass is 410 g/mol. The van der Waals surface area contributed by atoms with Crippen LogP contribution in [-0.2, 0) is 17.8 Å². The number of benzene rings is 2. The van der Waals surface area contributed by atoms with Crippen molar-refractivity contribution in [1.82, 2.24) is 4.90 Å². The first-order valence-electron chi connectivity index (χ1n) is 10.9. The van der Waals surface area contributed by atoms with Crippen LogP contribution in [0, 0.1) is 20.8 Å². The lowest BCUT2D eigenvalue weighted by molar-refractivity contribution is -0.121. The maximum absolute atomic E-state index is 13.0. The summed E-state index contributed by atoms with van der Waals surface area (Å²) < 4.78 is 11.6. The van der Waals surface area contributed by atoms with E-state index in [1.807, 2.05) is 34.6 Å². The molecule has 0 aliphatic carbocycles. The Labute approximate surface area is 180 Å². The van der Waals surface area contributed by atoms with Crippen molar-refractivity contribution in [2.75, 3.05) is 25.1 Å². The van der Waals surface area contributed by atoms with E-state index in [0.29, 0.717) is 13.2 Å². The molecule has 0 spiro atoms. The minimum atomic E-state index is -0.222. The van der Waals surface area contributed by atoms with Crippen LogP contribution in [0.25, 0.3) is 0 Å². The fourth-order valence-corrected chi connectivity index (χ4v) is 4.22. The summed E-state index contributed by atoms with van der Waals surface area (Å²) in [4.78, 5) is 15.3. The molecule has 0 saturated heterocycles. The van der Waals surface area contributed by atoms with Crippen LogP contribution in [0.5, 0.6) is 11.5 Å². The van der Waals surface area contributed by atoms with E-state index in [-0.39, 0.29) is 11.9 Å². The lowest BCUT2D eigenvalue weighted by Crippen LogP contribution is -2.44. The van der Waals surface area contributed by atoms with Crippen LogP contribution in [0.2, 0.25) is 0 Å². The van der Waals surface area contributed by atoms with Gasteiger partial charge in [-0.15, -0.1) is 0 Å². The van der Waals surface area contributed by atoms with Gasteiger partial charge >= 0.3 is 0 Å². The molecular weight excluding hydrogens is 376 g/mol. The smallest absolute Gasteiger partial charge is 0.241 e. The number of hydrogen-bond donors (Lipinski definition) is 1. The number of anilines is 1. The first-order valence-corrected chi connectivity index (χ1v) is 10.9. The molecule has 162 valence electrons. The highest BCUT2D eigenvalue weighted by Crippen LogP contribution is 2.34. The van der Waals surface area contributed by atoms with E-state index in [0.717, 1.165) is 47.8 Å². The minimum Gasteiger partial charge on any atom is -0.490 e. The van der Waals surface area contributed by atoms with Gasteiger partial charge < -0.3 is 14.8 Å². The molecule has 1 N–H and O–H groups in total. The van der Waals surface area contributed by atoms with Crippen molar-refractivity contribution in [3.05, 3.63) is 52.1 Å². The van der Waals surface area contributed by atoms with E-state index in [1.165, 1.54) is 16.7 Å². The lowest BCUT2D eigenvalue weighted by atomic mass is 9.97. The fourth-order valence-electron chi connectivity index (χ4n) is 4.22. The van der Waals surface area contributed by atoms with Crippen molar-refractivity contribution in [3.63, 3.8) is 0 Å². The molecule has 30 heavy (non-hydrogen) atoms. The van der Waals surface area contributed by atoms with Gasteiger partial charge in [-0.3, -0.25) is 9.69 Å². The van der Waals surface area contributed by atoms with Gasteiger partial charge in [0.1, 0.15) is 0 Å². The summed E-state index contributed by atoms with van der Waals surface area (Å²) in [7, 11) is 0. The Kier molecular flexibility index (Phi) is 7.03. The number of nitrogens with one attached hydrogen (secondary N) is 1. The number of nitrogens with zero attached hydrogens (tertiary/aromatic N) is 1. The van der Waals surface area contributed by atoms with E-state index < -0.39 is 0 Å². The Morgan fingerprint density at radius 1 is 1.00 bits per heavy atom. The summed E-state index contributed by atoms with van der Waals surface area (Å²) in [5.74, 6) is 1.62. The first kappa shape index (κ1) is 22.2. The second kappa shape index (κ2) is 9.52. The maximum Gasteiger partial charge on any atom is 0.241 e. The molecule has 0 bridgehead atoms. The van der Waals surface area contributed by atoms with Crippen molar-refractivity contribution >= 4 is 11.6 Å². The molecule has 1 aliphatic rings. The van der Waals surface area contributed by atoms with Gasteiger partial charge in [0.25, 0.3) is 0 Å². The van der Waals surface area contributed by atoms with Crippen LogP contribution in [0.3, 0.4) is 0 Å². The summed E-state index contributed by atoms with van der Waals surface area (Å²) in [6, 6.07) is 8.17. The number of amides is 1.